The first-order valence-electron chi connectivity index (χ1n) is 5.70. The molecule has 0 aliphatic carbocycles. The molecule has 2 unspecified atom stereocenters. The van der Waals surface area contributed by atoms with E-state index in [0.717, 1.165) is 0 Å². The third kappa shape index (κ3) is 4.21. The Hall–Kier alpha value is -1.61. The van der Waals surface area contributed by atoms with E-state index in [2.05, 4.69) is 4.74 Å². The molecular weight excluding hydrogens is 270 g/mol. The van der Waals surface area contributed by atoms with Crippen molar-refractivity contribution in [1.82, 2.24) is 0 Å². The monoisotopic (exact) mass is 283 g/mol. The van der Waals surface area contributed by atoms with Crippen molar-refractivity contribution >= 4 is 17.6 Å². The highest BCUT2D eigenvalue weighted by Gasteiger charge is 2.22. The third-order valence-electron chi connectivity index (χ3n) is 2.50. The summed E-state index contributed by atoms with van der Waals surface area (Å²) >= 11 is 5.83. The van der Waals surface area contributed by atoms with Gasteiger partial charge < -0.3 is 14.9 Å². The van der Waals surface area contributed by atoms with E-state index < -0.39 is 18.2 Å². The molecule has 1 rings (SSSR count). The maximum absolute atomic E-state index is 11.2. The number of nitriles is 1. The van der Waals surface area contributed by atoms with Gasteiger partial charge in [0.2, 0.25) is 0 Å². The summed E-state index contributed by atoms with van der Waals surface area (Å²) in [4.78, 5) is 11.2. The van der Waals surface area contributed by atoms with E-state index in [1.165, 1.54) is 18.2 Å². The maximum atomic E-state index is 11.2. The van der Waals surface area contributed by atoms with Gasteiger partial charge in [-0.3, -0.25) is 4.79 Å². The molecule has 1 aromatic carbocycles. The smallest absolute Gasteiger partial charge is 0.308 e. The molecule has 0 aliphatic heterocycles. The van der Waals surface area contributed by atoms with Gasteiger partial charge in [0, 0.05) is 0 Å². The predicted molar refractivity (Wildman–Crippen MR) is 68.4 cm³/mol. The van der Waals surface area contributed by atoms with Crippen LogP contribution in [0.3, 0.4) is 0 Å². The Bertz CT molecular complexity index is 498. The highest BCUT2D eigenvalue weighted by Crippen LogP contribution is 2.24. The number of carbonyl (C=O) groups excluding carboxylic acids is 1. The molecule has 0 heterocycles. The summed E-state index contributed by atoms with van der Waals surface area (Å²) in [7, 11) is 0. The number of ether oxygens (including phenoxy) is 1. The Balaban J connectivity index is 2.77. The average molecular weight is 284 g/mol. The molecule has 6 heteroatoms. The van der Waals surface area contributed by atoms with Crippen molar-refractivity contribution < 1.29 is 19.7 Å². The molecule has 0 bridgehead atoms. The van der Waals surface area contributed by atoms with E-state index in [1.54, 1.807) is 6.92 Å². The number of aliphatic hydroxyl groups excluding tert-OH is 2. The largest absolute Gasteiger partial charge is 0.466 e. The van der Waals surface area contributed by atoms with Gasteiger partial charge in [-0.25, -0.2) is 0 Å². The number of aliphatic hydroxyl groups is 2. The van der Waals surface area contributed by atoms with Crippen LogP contribution in [-0.4, -0.2) is 28.9 Å². The van der Waals surface area contributed by atoms with Crippen LogP contribution in [0.4, 0.5) is 0 Å². The second-order valence-electron chi connectivity index (χ2n) is 3.87. The molecule has 0 spiro atoms. The molecule has 0 saturated heterocycles. The molecule has 2 atom stereocenters. The van der Waals surface area contributed by atoms with Crippen LogP contribution in [0.2, 0.25) is 5.02 Å². The number of nitrogens with zero attached hydrogens (tertiary/aromatic N) is 1. The number of hydrogen-bond acceptors (Lipinski definition) is 5. The van der Waals surface area contributed by atoms with Crippen LogP contribution in [0.25, 0.3) is 0 Å². The third-order valence-corrected chi connectivity index (χ3v) is 2.81. The van der Waals surface area contributed by atoms with Crippen LogP contribution in [0.5, 0.6) is 0 Å². The topological polar surface area (TPSA) is 90.6 Å². The Morgan fingerprint density at radius 2 is 2.21 bits per heavy atom. The minimum Gasteiger partial charge on any atom is -0.466 e. The lowest BCUT2D eigenvalue weighted by Crippen LogP contribution is -2.23. The molecule has 19 heavy (non-hydrogen) atoms. The van der Waals surface area contributed by atoms with E-state index in [0.29, 0.717) is 5.56 Å². The molecule has 102 valence electrons. The van der Waals surface area contributed by atoms with Crippen LogP contribution < -0.4 is 0 Å². The summed E-state index contributed by atoms with van der Waals surface area (Å²) < 4.78 is 4.68. The van der Waals surface area contributed by atoms with Crippen molar-refractivity contribution in [1.29, 1.82) is 5.26 Å². The van der Waals surface area contributed by atoms with Crippen LogP contribution in [0, 0.1) is 11.3 Å². The van der Waals surface area contributed by atoms with Crippen molar-refractivity contribution in [3.8, 4) is 6.07 Å². The fourth-order valence-corrected chi connectivity index (χ4v) is 1.76. The van der Waals surface area contributed by atoms with Crippen molar-refractivity contribution in [3.05, 3.63) is 34.3 Å². The quantitative estimate of drug-likeness (QED) is 0.800. The second-order valence-corrected chi connectivity index (χ2v) is 4.28. The van der Waals surface area contributed by atoms with Gasteiger partial charge in [-0.2, -0.15) is 5.26 Å². The van der Waals surface area contributed by atoms with Crippen LogP contribution in [0.15, 0.2) is 18.2 Å². The molecule has 0 aromatic heterocycles. The number of carbonyl (C=O) groups is 1. The molecule has 0 fully saturated rings. The maximum Gasteiger partial charge on any atom is 0.308 e. The Labute approximate surface area is 116 Å². The van der Waals surface area contributed by atoms with Gasteiger partial charge in [-0.15, -0.1) is 0 Å². The van der Waals surface area contributed by atoms with Gasteiger partial charge in [0.15, 0.2) is 0 Å². The zero-order valence-corrected chi connectivity index (χ0v) is 11.1. The highest BCUT2D eigenvalue weighted by atomic mass is 35.5. The molecular formula is C13H14ClNO4. The van der Waals surface area contributed by atoms with Gasteiger partial charge >= 0.3 is 5.97 Å². The highest BCUT2D eigenvalue weighted by molar-refractivity contribution is 6.31. The van der Waals surface area contributed by atoms with Crippen molar-refractivity contribution in [3.63, 3.8) is 0 Å². The minimum atomic E-state index is -1.29. The number of benzene rings is 1. The molecule has 5 nitrogen and oxygen atoms in total. The van der Waals surface area contributed by atoms with Gasteiger partial charge in [0.05, 0.1) is 29.7 Å². The van der Waals surface area contributed by atoms with Crippen molar-refractivity contribution in [2.45, 2.75) is 25.6 Å². The van der Waals surface area contributed by atoms with E-state index in [-0.39, 0.29) is 23.6 Å². The summed E-state index contributed by atoms with van der Waals surface area (Å²) in [6.07, 6.45) is -2.87. The summed E-state index contributed by atoms with van der Waals surface area (Å²) in [6.45, 7) is 1.87. The molecule has 0 saturated carbocycles. The van der Waals surface area contributed by atoms with E-state index in [4.69, 9.17) is 16.9 Å². The lowest BCUT2D eigenvalue weighted by molar-refractivity contribution is -0.147. The van der Waals surface area contributed by atoms with Crippen LogP contribution in [0.1, 0.15) is 30.6 Å². The lowest BCUT2D eigenvalue weighted by Gasteiger charge is -2.17. The second kappa shape index (κ2) is 7.10. The molecule has 0 radical (unpaired) electrons. The first-order valence-corrected chi connectivity index (χ1v) is 6.08. The van der Waals surface area contributed by atoms with Gasteiger partial charge in [0.25, 0.3) is 0 Å². The SMILES string of the molecule is CCOC(=O)CC(O)C(O)c1ccc(C#N)c(Cl)c1. The van der Waals surface area contributed by atoms with Crippen molar-refractivity contribution in [2.75, 3.05) is 6.61 Å². The summed E-state index contributed by atoms with van der Waals surface area (Å²) in [5, 5.41) is 28.5. The molecule has 0 aliphatic rings. The minimum absolute atomic E-state index is 0.183. The number of halogens is 1. The molecule has 1 aromatic rings. The van der Waals surface area contributed by atoms with Gasteiger partial charge in [-0.1, -0.05) is 17.7 Å². The first kappa shape index (κ1) is 15.4. The van der Waals surface area contributed by atoms with Gasteiger partial charge in [-0.05, 0) is 24.6 Å². The molecule has 2 N–H and O–H groups in total. The lowest BCUT2D eigenvalue weighted by atomic mass is 10.0. The first-order chi connectivity index (χ1) is 8.99. The summed E-state index contributed by atoms with van der Waals surface area (Å²) in [5.74, 6) is -0.589. The summed E-state index contributed by atoms with van der Waals surface area (Å²) in [5.41, 5.74) is 0.610. The Kier molecular flexibility index (Phi) is 5.77. The average Bonchev–Trinajstić information content (AvgIpc) is 2.37. The van der Waals surface area contributed by atoms with Crippen LogP contribution in [-0.2, 0) is 9.53 Å². The number of hydrogen-bond donors (Lipinski definition) is 2. The Morgan fingerprint density at radius 1 is 1.53 bits per heavy atom. The molecule has 0 amide bonds. The Morgan fingerprint density at radius 3 is 2.74 bits per heavy atom. The summed E-state index contributed by atoms with van der Waals surface area (Å²) in [6, 6.07) is 6.20. The van der Waals surface area contributed by atoms with E-state index >= 15 is 0 Å². The normalized spacial score (nSPS) is 13.4. The van der Waals surface area contributed by atoms with E-state index in [1.807, 2.05) is 6.07 Å². The van der Waals surface area contributed by atoms with Gasteiger partial charge in [0.1, 0.15) is 12.2 Å². The number of esters is 1. The number of rotatable bonds is 5. The fourth-order valence-electron chi connectivity index (χ4n) is 1.53. The predicted octanol–water partition coefficient (Wildman–Crippen LogP) is 1.56. The van der Waals surface area contributed by atoms with E-state index in [9.17, 15) is 15.0 Å². The van der Waals surface area contributed by atoms with Crippen molar-refractivity contribution in [2.24, 2.45) is 0 Å². The van der Waals surface area contributed by atoms with Crippen LogP contribution >= 0.6 is 11.6 Å². The zero-order chi connectivity index (χ0) is 14.4. The fraction of sp³-hybridized carbons (Fsp3) is 0.385. The zero-order valence-electron chi connectivity index (χ0n) is 10.3. The standard InChI is InChI=1S/C13H14ClNO4/c1-2-19-12(17)6-11(16)13(18)8-3-4-9(7-15)10(14)5-8/h3-5,11,13,16,18H,2,6H2,1H3.